The number of rotatable bonds is 2. The summed E-state index contributed by atoms with van der Waals surface area (Å²) in [7, 11) is 0. The third kappa shape index (κ3) is 2.85. The molecule has 9 atom stereocenters. The molecule has 5 rings (SSSR count). The van der Waals surface area contributed by atoms with Crippen molar-refractivity contribution in [3.05, 3.63) is 11.6 Å². The monoisotopic (exact) mass is 472 g/mol. The zero-order valence-electron chi connectivity index (χ0n) is 22.8. The van der Waals surface area contributed by atoms with Crippen LogP contribution >= 0.6 is 0 Å². The summed E-state index contributed by atoms with van der Waals surface area (Å²) in [6, 6.07) is 0. The molecule has 0 aromatic heterocycles. The van der Waals surface area contributed by atoms with Crippen molar-refractivity contribution in [1.29, 1.82) is 0 Å². The number of aliphatic hydroxyl groups is 2. The Bertz CT molecular complexity index is 919. The quantitative estimate of drug-likeness (QED) is 0.506. The Morgan fingerprint density at radius 2 is 1.65 bits per heavy atom. The molecule has 4 heteroatoms. The Kier molecular flexibility index (Phi) is 5.28. The van der Waals surface area contributed by atoms with Crippen molar-refractivity contribution in [2.45, 2.75) is 118 Å². The second kappa shape index (κ2) is 7.19. The topological polar surface area (TPSA) is 66.8 Å². The molecule has 34 heavy (non-hydrogen) atoms. The summed E-state index contributed by atoms with van der Waals surface area (Å²) in [5, 5.41) is 22.0. The van der Waals surface area contributed by atoms with Crippen molar-refractivity contribution in [3.63, 3.8) is 0 Å². The predicted octanol–water partition coefficient (Wildman–Crippen LogP) is 5.70. The van der Waals surface area contributed by atoms with Gasteiger partial charge in [-0.05, 0) is 106 Å². The summed E-state index contributed by atoms with van der Waals surface area (Å²) in [6.45, 7) is 17.9. The van der Waals surface area contributed by atoms with Gasteiger partial charge in [-0.1, -0.05) is 33.8 Å². The van der Waals surface area contributed by atoms with Crippen LogP contribution in [-0.4, -0.2) is 39.9 Å². The van der Waals surface area contributed by atoms with E-state index in [0.717, 1.165) is 44.1 Å². The smallest absolute Gasteiger partial charge is 0.140 e. The summed E-state index contributed by atoms with van der Waals surface area (Å²) < 4.78 is 6.63. The standard InChI is InChI=1S/C30H48O4/c1-18-15-25(2,3)34-29(18,8)24-19-9-10-22-27(6)13-12-23(33)26(4,5)21(27)11-14-28(22,7)30(19,17-31)16-20(24)32/h15,19,21-24,31,33H,9-14,16-17H2,1-8H3/t19-,21+,22-,23+,24-,27+,28-,29-,30+/m1/s1. The number of hydrogen-bond acceptors (Lipinski definition) is 4. The Morgan fingerprint density at radius 1 is 0.971 bits per heavy atom. The van der Waals surface area contributed by atoms with Gasteiger partial charge in [-0.3, -0.25) is 4.79 Å². The Morgan fingerprint density at radius 3 is 2.24 bits per heavy atom. The van der Waals surface area contributed by atoms with Crippen LogP contribution in [0.4, 0.5) is 0 Å². The van der Waals surface area contributed by atoms with Crippen LogP contribution in [0.5, 0.6) is 0 Å². The van der Waals surface area contributed by atoms with Crippen LogP contribution in [0.15, 0.2) is 11.6 Å². The van der Waals surface area contributed by atoms with Gasteiger partial charge in [0.15, 0.2) is 0 Å². The highest BCUT2D eigenvalue weighted by atomic mass is 16.5. The normalized spacial score (nSPS) is 53.6. The lowest BCUT2D eigenvalue weighted by Gasteiger charge is -2.70. The first-order valence-corrected chi connectivity index (χ1v) is 13.8. The lowest BCUT2D eigenvalue weighted by molar-refractivity contribution is -0.237. The summed E-state index contributed by atoms with van der Waals surface area (Å²) in [5.74, 6) is 1.19. The largest absolute Gasteiger partial charge is 0.396 e. The predicted molar refractivity (Wildman–Crippen MR) is 134 cm³/mol. The van der Waals surface area contributed by atoms with Gasteiger partial charge in [0.1, 0.15) is 5.78 Å². The third-order valence-electron chi connectivity index (χ3n) is 12.6. The van der Waals surface area contributed by atoms with E-state index in [2.05, 4.69) is 61.5 Å². The first kappa shape index (κ1) is 25.0. The van der Waals surface area contributed by atoms with Crippen molar-refractivity contribution < 1.29 is 19.7 Å². The minimum Gasteiger partial charge on any atom is -0.396 e. The van der Waals surface area contributed by atoms with E-state index in [4.69, 9.17) is 4.74 Å². The molecule has 4 saturated carbocycles. The first-order valence-electron chi connectivity index (χ1n) is 13.8. The van der Waals surface area contributed by atoms with E-state index in [1.54, 1.807) is 0 Å². The van der Waals surface area contributed by atoms with E-state index in [1.165, 1.54) is 0 Å². The van der Waals surface area contributed by atoms with Crippen LogP contribution in [0.2, 0.25) is 0 Å². The van der Waals surface area contributed by atoms with Crippen LogP contribution in [-0.2, 0) is 9.53 Å². The Hall–Kier alpha value is -0.710. The average molecular weight is 473 g/mol. The molecule has 0 amide bonds. The second-order valence-electron chi connectivity index (χ2n) is 14.7. The minimum atomic E-state index is -0.594. The molecule has 1 heterocycles. The molecule has 5 aliphatic rings. The number of ketones is 1. The molecule has 4 nitrogen and oxygen atoms in total. The molecule has 0 bridgehead atoms. The zero-order valence-corrected chi connectivity index (χ0v) is 22.8. The van der Waals surface area contributed by atoms with Crippen molar-refractivity contribution in [2.24, 2.45) is 45.3 Å². The van der Waals surface area contributed by atoms with Crippen LogP contribution in [0.3, 0.4) is 0 Å². The highest BCUT2D eigenvalue weighted by Gasteiger charge is 2.73. The zero-order chi connectivity index (χ0) is 25.1. The molecule has 4 fully saturated rings. The van der Waals surface area contributed by atoms with Crippen LogP contribution in [0.25, 0.3) is 0 Å². The van der Waals surface area contributed by atoms with E-state index < -0.39 is 5.60 Å². The second-order valence-corrected chi connectivity index (χ2v) is 14.7. The Balaban J connectivity index is 1.57. The van der Waals surface area contributed by atoms with Gasteiger partial charge >= 0.3 is 0 Å². The summed E-state index contributed by atoms with van der Waals surface area (Å²) >= 11 is 0. The molecule has 2 N–H and O–H groups in total. The van der Waals surface area contributed by atoms with E-state index in [-0.39, 0.29) is 51.8 Å². The number of hydrogen-bond donors (Lipinski definition) is 2. The van der Waals surface area contributed by atoms with Gasteiger partial charge in [0.2, 0.25) is 0 Å². The van der Waals surface area contributed by atoms with Crippen LogP contribution < -0.4 is 0 Å². The van der Waals surface area contributed by atoms with E-state index in [0.29, 0.717) is 24.0 Å². The molecular formula is C30H48O4. The van der Waals surface area contributed by atoms with Gasteiger partial charge in [0.25, 0.3) is 0 Å². The molecule has 0 aromatic carbocycles. The first-order chi connectivity index (χ1) is 15.6. The molecule has 192 valence electrons. The van der Waals surface area contributed by atoms with E-state index in [1.807, 2.05) is 0 Å². The molecule has 0 spiro atoms. The third-order valence-corrected chi connectivity index (χ3v) is 12.6. The molecule has 4 aliphatic carbocycles. The van der Waals surface area contributed by atoms with Crippen molar-refractivity contribution in [2.75, 3.05) is 6.61 Å². The summed E-state index contributed by atoms with van der Waals surface area (Å²) in [5.41, 5.74) is -0.226. The fourth-order valence-electron chi connectivity index (χ4n) is 11.0. The average Bonchev–Trinajstić information content (AvgIpc) is 3.14. The molecule has 0 aromatic rings. The minimum absolute atomic E-state index is 0.0825. The number of carbonyl (C=O) groups excluding carboxylic acids is 1. The van der Waals surface area contributed by atoms with Crippen molar-refractivity contribution >= 4 is 5.78 Å². The van der Waals surface area contributed by atoms with Crippen molar-refractivity contribution in [1.82, 2.24) is 0 Å². The highest BCUT2D eigenvalue weighted by molar-refractivity contribution is 5.87. The summed E-state index contributed by atoms with van der Waals surface area (Å²) in [4.78, 5) is 13.9. The number of aliphatic hydroxyl groups excluding tert-OH is 2. The van der Waals surface area contributed by atoms with Gasteiger partial charge in [-0.25, -0.2) is 0 Å². The Labute approximate surface area is 206 Å². The fourth-order valence-corrected chi connectivity index (χ4v) is 11.0. The number of Topliss-reactive ketones (excluding diaryl/α,β-unsaturated/α-hetero) is 1. The molecule has 0 radical (unpaired) electrons. The highest BCUT2D eigenvalue weighted by Crippen LogP contribution is 2.75. The fraction of sp³-hybridized carbons (Fsp3) is 0.900. The van der Waals surface area contributed by atoms with Crippen LogP contribution in [0, 0.1) is 45.3 Å². The number of carbonyl (C=O) groups is 1. The molecule has 0 unspecified atom stereocenters. The van der Waals surface area contributed by atoms with E-state index in [9.17, 15) is 15.0 Å². The van der Waals surface area contributed by atoms with Gasteiger partial charge in [0, 0.05) is 18.4 Å². The molecular weight excluding hydrogens is 424 g/mol. The maximum atomic E-state index is 13.9. The molecule has 0 saturated heterocycles. The number of ether oxygens (including phenoxy) is 1. The molecule has 1 aliphatic heterocycles. The van der Waals surface area contributed by atoms with E-state index >= 15 is 0 Å². The van der Waals surface area contributed by atoms with Gasteiger partial charge in [-0.2, -0.15) is 0 Å². The lowest BCUT2D eigenvalue weighted by atomic mass is 9.35. The van der Waals surface area contributed by atoms with Crippen LogP contribution in [0.1, 0.15) is 100 Å². The van der Waals surface area contributed by atoms with Gasteiger partial charge < -0.3 is 14.9 Å². The van der Waals surface area contributed by atoms with Crippen molar-refractivity contribution in [3.8, 4) is 0 Å². The van der Waals surface area contributed by atoms with Gasteiger partial charge in [-0.15, -0.1) is 0 Å². The van der Waals surface area contributed by atoms with Gasteiger partial charge in [0.05, 0.1) is 23.2 Å². The maximum Gasteiger partial charge on any atom is 0.140 e. The summed E-state index contributed by atoms with van der Waals surface area (Å²) in [6.07, 6.45) is 8.51. The maximum absolute atomic E-state index is 13.9. The lowest BCUT2D eigenvalue weighted by Crippen LogP contribution is -2.65. The number of fused-ring (bicyclic) bond motifs is 5. The SMILES string of the molecule is CC1=CC(C)(C)O[C@@]1(C)[C@H]1C(=O)C[C@]2(CO)[C@@H]1CC[C@@H]1[C@@]3(C)CC[C@H](O)C(C)(C)[C@@H]3CC[C@]12C.